The van der Waals surface area contributed by atoms with Gasteiger partial charge in [0.1, 0.15) is 0 Å². The minimum atomic E-state index is -0.903. The highest BCUT2D eigenvalue weighted by Crippen LogP contribution is 2.32. The Morgan fingerprint density at radius 3 is 2.81 bits per heavy atom. The van der Waals surface area contributed by atoms with Crippen LogP contribution in [0.15, 0.2) is 30.3 Å². The van der Waals surface area contributed by atoms with Gasteiger partial charge in [-0.15, -0.1) is 0 Å². The summed E-state index contributed by atoms with van der Waals surface area (Å²) in [5.74, 6) is -0.903. The summed E-state index contributed by atoms with van der Waals surface area (Å²) in [7, 11) is 2.24. The fraction of sp³-hybridized carbons (Fsp3) is 0.471. The first-order valence-corrected chi connectivity index (χ1v) is 7.62. The Morgan fingerprint density at radius 1 is 1.24 bits per heavy atom. The number of aliphatic carboxylic acids is 1. The molecule has 2 aliphatic heterocycles. The molecule has 0 spiro atoms. The lowest BCUT2D eigenvalue weighted by Gasteiger charge is -2.28. The van der Waals surface area contributed by atoms with Crippen LogP contribution in [0.5, 0.6) is 0 Å². The number of hydrogen-bond donors (Lipinski definition) is 1. The quantitative estimate of drug-likeness (QED) is 0.867. The maximum atomic E-state index is 10.8. The van der Waals surface area contributed by atoms with E-state index in [1.807, 2.05) is 18.2 Å². The fourth-order valence-corrected chi connectivity index (χ4v) is 3.61. The van der Waals surface area contributed by atoms with Crippen molar-refractivity contribution in [1.29, 1.82) is 0 Å². The van der Waals surface area contributed by atoms with Crippen molar-refractivity contribution < 1.29 is 9.90 Å². The van der Waals surface area contributed by atoms with Crippen molar-refractivity contribution in [2.24, 2.45) is 0 Å². The van der Waals surface area contributed by atoms with Crippen molar-refractivity contribution >= 4 is 17.7 Å². The van der Waals surface area contributed by atoms with Crippen molar-refractivity contribution in [3.05, 3.63) is 35.9 Å². The molecule has 0 aliphatic carbocycles. The molecule has 1 aromatic carbocycles. The number of anilines is 1. The second-order valence-electron chi connectivity index (χ2n) is 6.02. The van der Waals surface area contributed by atoms with Gasteiger partial charge in [0, 0.05) is 36.9 Å². The third-order valence-electron chi connectivity index (χ3n) is 4.83. The molecule has 0 amide bonds. The zero-order chi connectivity index (χ0) is 14.8. The van der Waals surface area contributed by atoms with E-state index in [9.17, 15) is 4.79 Å². The highest BCUT2D eigenvalue weighted by molar-refractivity contribution is 5.87. The third-order valence-corrected chi connectivity index (χ3v) is 4.83. The maximum absolute atomic E-state index is 10.8. The van der Waals surface area contributed by atoms with Crippen LogP contribution >= 0.6 is 0 Å². The number of nitrogens with zero attached hydrogens (tertiary/aromatic N) is 2. The van der Waals surface area contributed by atoms with Gasteiger partial charge in [0.05, 0.1) is 0 Å². The van der Waals surface area contributed by atoms with Gasteiger partial charge in [0.25, 0.3) is 0 Å². The third kappa shape index (κ3) is 2.95. The number of hydrogen-bond acceptors (Lipinski definition) is 3. The Morgan fingerprint density at radius 2 is 2.00 bits per heavy atom. The molecule has 0 saturated carbocycles. The van der Waals surface area contributed by atoms with E-state index in [1.54, 1.807) is 6.08 Å². The lowest BCUT2D eigenvalue weighted by Crippen LogP contribution is -2.36. The lowest BCUT2D eigenvalue weighted by atomic mass is 10.1. The fourth-order valence-electron chi connectivity index (χ4n) is 3.61. The predicted octanol–water partition coefficient (Wildman–Crippen LogP) is 2.46. The molecule has 4 nitrogen and oxygen atoms in total. The summed E-state index contributed by atoms with van der Waals surface area (Å²) in [4.78, 5) is 15.7. The lowest BCUT2D eigenvalue weighted by molar-refractivity contribution is -0.131. The largest absolute Gasteiger partial charge is 0.478 e. The smallest absolute Gasteiger partial charge is 0.328 e. The molecule has 2 unspecified atom stereocenters. The Labute approximate surface area is 125 Å². The predicted molar refractivity (Wildman–Crippen MR) is 84.5 cm³/mol. The molecule has 21 heavy (non-hydrogen) atoms. The SMILES string of the molecule is CN1C2CCC1CN(c1ccccc1C=CC(=O)O)CC2. The second kappa shape index (κ2) is 5.90. The number of carbonyl (C=O) groups is 1. The molecule has 3 rings (SSSR count). The second-order valence-corrected chi connectivity index (χ2v) is 6.02. The summed E-state index contributed by atoms with van der Waals surface area (Å²) < 4.78 is 0. The van der Waals surface area contributed by atoms with E-state index in [4.69, 9.17) is 5.11 Å². The van der Waals surface area contributed by atoms with Gasteiger partial charge >= 0.3 is 5.97 Å². The van der Waals surface area contributed by atoms with Crippen LogP contribution in [0.25, 0.3) is 6.08 Å². The van der Waals surface area contributed by atoms with Gasteiger partial charge in [0.2, 0.25) is 0 Å². The van der Waals surface area contributed by atoms with Gasteiger partial charge < -0.3 is 10.0 Å². The van der Waals surface area contributed by atoms with Crippen LogP contribution in [0, 0.1) is 0 Å². The van der Waals surface area contributed by atoms with Crippen LogP contribution in [-0.4, -0.2) is 48.2 Å². The molecule has 2 saturated heterocycles. The van der Waals surface area contributed by atoms with Crippen LogP contribution in [0.1, 0.15) is 24.8 Å². The van der Waals surface area contributed by atoms with Gasteiger partial charge in [-0.05, 0) is 44.0 Å². The molecule has 2 fully saturated rings. The van der Waals surface area contributed by atoms with Crippen molar-refractivity contribution in [3.8, 4) is 0 Å². The first-order chi connectivity index (χ1) is 10.1. The summed E-state index contributed by atoms with van der Waals surface area (Å²) in [6, 6.07) is 9.40. The van der Waals surface area contributed by atoms with Gasteiger partial charge in [-0.3, -0.25) is 4.90 Å². The van der Waals surface area contributed by atoms with Crippen molar-refractivity contribution in [2.45, 2.75) is 31.3 Å². The van der Waals surface area contributed by atoms with E-state index < -0.39 is 5.97 Å². The molecule has 112 valence electrons. The number of likely N-dealkylation sites (N-methyl/N-ethyl adjacent to an activating group) is 1. The molecule has 0 aromatic heterocycles. The van der Waals surface area contributed by atoms with Crippen molar-refractivity contribution in [2.75, 3.05) is 25.0 Å². The number of carboxylic acid groups (broad SMARTS) is 1. The molecule has 2 bridgehead atoms. The molecule has 2 heterocycles. The van der Waals surface area contributed by atoms with E-state index in [0.717, 1.165) is 24.3 Å². The molecule has 2 atom stereocenters. The molecular formula is C17H22N2O2. The van der Waals surface area contributed by atoms with Gasteiger partial charge in [-0.1, -0.05) is 18.2 Å². The zero-order valence-corrected chi connectivity index (χ0v) is 12.4. The first kappa shape index (κ1) is 14.1. The number of rotatable bonds is 3. The zero-order valence-electron chi connectivity index (χ0n) is 12.4. The Kier molecular flexibility index (Phi) is 3.97. The monoisotopic (exact) mass is 286 g/mol. The normalized spacial score (nSPS) is 26.2. The summed E-state index contributed by atoms with van der Waals surface area (Å²) in [6.45, 7) is 2.08. The average Bonchev–Trinajstić information content (AvgIpc) is 2.70. The number of para-hydroxylation sites is 1. The maximum Gasteiger partial charge on any atom is 0.328 e. The van der Waals surface area contributed by atoms with Crippen molar-refractivity contribution in [1.82, 2.24) is 4.90 Å². The summed E-state index contributed by atoms with van der Waals surface area (Å²) >= 11 is 0. The minimum absolute atomic E-state index is 0.619. The molecular weight excluding hydrogens is 264 g/mol. The highest BCUT2D eigenvalue weighted by atomic mass is 16.4. The van der Waals surface area contributed by atoms with Crippen LogP contribution in [-0.2, 0) is 4.79 Å². The topological polar surface area (TPSA) is 43.8 Å². The summed E-state index contributed by atoms with van der Waals surface area (Å²) in [5, 5.41) is 8.83. The van der Waals surface area contributed by atoms with E-state index in [0.29, 0.717) is 12.1 Å². The molecule has 0 radical (unpaired) electrons. The van der Waals surface area contributed by atoms with Crippen LogP contribution < -0.4 is 4.90 Å². The molecule has 1 N–H and O–H groups in total. The highest BCUT2D eigenvalue weighted by Gasteiger charge is 2.34. The van der Waals surface area contributed by atoms with Crippen LogP contribution in [0.4, 0.5) is 5.69 Å². The van der Waals surface area contributed by atoms with Crippen LogP contribution in [0.3, 0.4) is 0 Å². The minimum Gasteiger partial charge on any atom is -0.478 e. The number of fused-ring (bicyclic) bond motifs is 2. The van der Waals surface area contributed by atoms with Crippen LogP contribution in [0.2, 0.25) is 0 Å². The Balaban J connectivity index is 1.85. The van der Waals surface area contributed by atoms with E-state index in [1.165, 1.54) is 25.3 Å². The molecule has 2 aliphatic rings. The summed E-state index contributed by atoms with van der Waals surface area (Å²) in [6.07, 6.45) is 6.68. The average molecular weight is 286 g/mol. The summed E-state index contributed by atoms with van der Waals surface area (Å²) in [5.41, 5.74) is 2.14. The van der Waals surface area contributed by atoms with Gasteiger partial charge in [-0.2, -0.15) is 0 Å². The van der Waals surface area contributed by atoms with E-state index in [-0.39, 0.29) is 0 Å². The van der Waals surface area contributed by atoms with E-state index in [2.05, 4.69) is 22.9 Å². The first-order valence-electron chi connectivity index (χ1n) is 7.62. The van der Waals surface area contributed by atoms with Crippen molar-refractivity contribution in [3.63, 3.8) is 0 Å². The Hall–Kier alpha value is -1.81. The standard InChI is InChI=1S/C17H22N2O2/c1-18-14-7-8-15(18)12-19(11-10-14)16-5-3-2-4-13(16)6-9-17(20)21/h2-6,9,14-15H,7-8,10-12H2,1H3,(H,20,21). The van der Waals surface area contributed by atoms with E-state index >= 15 is 0 Å². The number of benzene rings is 1. The molecule has 1 aromatic rings. The van der Waals surface area contributed by atoms with Gasteiger partial charge in [0.15, 0.2) is 0 Å². The Bertz CT molecular complexity index is 555. The molecule has 4 heteroatoms. The number of carboxylic acids is 1. The van der Waals surface area contributed by atoms with Gasteiger partial charge in [-0.25, -0.2) is 4.79 Å².